The van der Waals surface area contributed by atoms with Crippen molar-refractivity contribution >= 4 is 11.6 Å². The van der Waals surface area contributed by atoms with Gasteiger partial charge in [-0.25, -0.2) is 0 Å². The van der Waals surface area contributed by atoms with Crippen molar-refractivity contribution in [3.8, 4) is 0 Å². The van der Waals surface area contributed by atoms with Crippen molar-refractivity contribution in [2.24, 2.45) is 5.73 Å². The number of nitrogens with zero attached hydrogens (tertiary/aromatic N) is 3. The fourth-order valence-corrected chi connectivity index (χ4v) is 3.38. The largest absolute Gasteiger partial charge is 0.375 e. The Labute approximate surface area is 137 Å². The van der Waals surface area contributed by atoms with Crippen molar-refractivity contribution in [1.82, 2.24) is 9.88 Å². The zero-order chi connectivity index (χ0) is 16.1. The number of hydrogen-bond acceptors (Lipinski definition) is 5. The molecule has 0 spiro atoms. The van der Waals surface area contributed by atoms with Gasteiger partial charge in [0.05, 0.1) is 12.7 Å². The molecule has 1 atom stereocenters. The second kappa shape index (κ2) is 7.75. The Balaban J connectivity index is 1.44. The van der Waals surface area contributed by atoms with Gasteiger partial charge in [-0.3, -0.25) is 9.78 Å². The van der Waals surface area contributed by atoms with Crippen LogP contribution in [0.2, 0.25) is 0 Å². The summed E-state index contributed by atoms with van der Waals surface area (Å²) in [5, 5.41) is 0. The van der Waals surface area contributed by atoms with Gasteiger partial charge in [-0.1, -0.05) is 6.42 Å². The maximum absolute atomic E-state index is 11.2. The van der Waals surface area contributed by atoms with Crippen LogP contribution in [0.4, 0.5) is 5.69 Å². The van der Waals surface area contributed by atoms with Crippen LogP contribution in [-0.2, 0) is 4.74 Å². The Morgan fingerprint density at radius 3 is 2.91 bits per heavy atom. The minimum Gasteiger partial charge on any atom is -0.375 e. The number of rotatable bonds is 6. The summed E-state index contributed by atoms with van der Waals surface area (Å²) in [5.74, 6) is -0.486. The standard InChI is InChI=1S/C17H26N4O2/c18-17(22)16-12-14(4-6-19-16)21-9-5-15(13-21)23-11-10-20-7-2-1-3-8-20/h4,6,12,15H,1-3,5,7-11,13H2,(H2,18,22)/t15-/m1/s1. The summed E-state index contributed by atoms with van der Waals surface area (Å²) >= 11 is 0. The minimum atomic E-state index is -0.486. The van der Waals surface area contributed by atoms with Crippen molar-refractivity contribution in [3.63, 3.8) is 0 Å². The zero-order valence-corrected chi connectivity index (χ0v) is 13.6. The Morgan fingerprint density at radius 2 is 2.13 bits per heavy atom. The van der Waals surface area contributed by atoms with E-state index >= 15 is 0 Å². The maximum Gasteiger partial charge on any atom is 0.267 e. The second-order valence-electron chi connectivity index (χ2n) is 6.39. The van der Waals surface area contributed by atoms with Gasteiger partial charge >= 0.3 is 0 Å². The Morgan fingerprint density at radius 1 is 1.30 bits per heavy atom. The van der Waals surface area contributed by atoms with Crippen LogP contribution in [-0.4, -0.2) is 61.2 Å². The highest BCUT2D eigenvalue weighted by Gasteiger charge is 2.24. The molecule has 0 bridgehead atoms. The first-order valence-electron chi connectivity index (χ1n) is 8.57. The third-order valence-corrected chi connectivity index (χ3v) is 4.72. The molecule has 0 aromatic carbocycles. The minimum absolute atomic E-state index is 0.269. The summed E-state index contributed by atoms with van der Waals surface area (Å²) in [6.45, 7) is 6.08. The maximum atomic E-state index is 11.2. The van der Waals surface area contributed by atoms with Gasteiger partial charge in [0.15, 0.2) is 0 Å². The van der Waals surface area contributed by atoms with Gasteiger partial charge in [0, 0.05) is 31.5 Å². The van der Waals surface area contributed by atoms with Crippen LogP contribution >= 0.6 is 0 Å². The van der Waals surface area contributed by atoms with Crippen molar-refractivity contribution in [2.45, 2.75) is 31.8 Å². The highest BCUT2D eigenvalue weighted by Crippen LogP contribution is 2.22. The van der Waals surface area contributed by atoms with Crippen LogP contribution in [0.1, 0.15) is 36.2 Å². The summed E-state index contributed by atoms with van der Waals surface area (Å²) < 4.78 is 6.04. The van der Waals surface area contributed by atoms with Crippen LogP contribution in [0.15, 0.2) is 18.3 Å². The summed E-state index contributed by atoms with van der Waals surface area (Å²) in [7, 11) is 0. The molecule has 1 aromatic heterocycles. The molecule has 2 saturated heterocycles. The summed E-state index contributed by atoms with van der Waals surface area (Å²) in [6, 6.07) is 3.68. The fraction of sp³-hybridized carbons (Fsp3) is 0.647. The predicted octanol–water partition coefficient (Wildman–Crippen LogP) is 1.26. The van der Waals surface area contributed by atoms with E-state index in [-0.39, 0.29) is 6.10 Å². The van der Waals surface area contributed by atoms with E-state index in [9.17, 15) is 4.79 Å². The second-order valence-corrected chi connectivity index (χ2v) is 6.39. The van der Waals surface area contributed by atoms with E-state index in [0.29, 0.717) is 5.69 Å². The van der Waals surface area contributed by atoms with Crippen LogP contribution in [0.3, 0.4) is 0 Å². The molecule has 0 radical (unpaired) electrons. The van der Waals surface area contributed by atoms with E-state index in [1.54, 1.807) is 12.3 Å². The summed E-state index contributed by atoms with van der Waals surface area (Å²) in [5.41, 5.74) is 6.61. The quantitative estimate of drug-likeness (QED) is 0.855. The molecule has 3 heterocycles. The molecule has 23 heavy (non-hydrogen) atoms. The smallest absolute Gasteiger partial charge is 0.267 e. The molecule has 2 fully saturated rings. The third kappa shape index (κ3) is 4.42. The topological polar surface area (TPSA) is 71.7 Å². The highest BCUT2D eigenvalue weighted by molar-refractivity contribution is 5.91. The number of nitrogens with two attached hydrogens (primary N) is 1. The first kappa shape index (κ1) is 16.2. The molecule has 1 aromatic rings. The van der Waals surface area contributed by atoms with Gasteiger partial charge in [-0.2, -0.15) is 0 Å². The zero-order valence-electron chi connectivity index (χ0n) is 13.6. The lowest BCUT2D eigenvalue weighted by Gasteiger charge is -2.26. The fourth-order valence-electron chi connectivity index (χ4n) is 3.38. The number of carbonyl (C=O) groups excluding carboxylic acids is 1. The first-order valence-corrected chi connectivity index (χ1v) is 8.57. The molecule has 0 unspecified atom stereocenters. The lowest BCUT2D eigenvalue weighted by molar-refractivity contribution is 0.0467. The normalized spacial score (nSPS) is 22.4. The van der Waals surface area contributed by atoms with Gasteiger partial charge < -0.3 is 20.3 Å². The molecule has 6 heteroatoms. The van der Waals surface area contributed by atoms with Crippen LogP contribution in [0, 0.1) is 0 Å². The van der Waals surface area contributed by atoms with Crippen LogP contribution < -0.4 is 10.6 Å². The Kier molecular flexibility index (Phi) is 5.46. The molecule has 126 valence electrons. The SMILES string of the molecule is NC(=O)c1cc(N2CC[C@@H](OCCN3CCCCC3)C2)ccn1. The number of aromatic nitrogens is 1. The number of carbonyl (C=O) groups is 1. The van der Waals surface area contributed by atoms with Crippen molar-refractivity contribution < 1.29 is 9.53 Å². The number of ether oxygens (including phenoxy) is 1. The van der Waals surface area contributed by atoms with E-state index in [1.807, 2.05) is 6.07 Å². The van der Waals surface area contributed by atoms with Crippen molar-refractivity contribution in [1.29, 1.82) is 0 Å². The van der Waals surface area contributed by atoms with Crippen LogP contribution in [0.25, 0.3) is 0 Å². The van der Waals surface area contributed by atoms with E-state index < -0.39 is 5.91 Å². The molecule has 2 N–H and O–H groups in total. The molecular formula is C17H26N4O2. The lowest BCUT2D eigenvalue weighted by Crippen LogP contribution is -2.34. The number of pyridine rings is 1. The highest BCUT2D eigenvalue weighted by atomic mass is 16.5. The number of likely N-dealkylation sites (tertiary alicyclic amines) is 1. The molecule has 1 amide bonds. The molecule has 2 aliphatic rings. The van der Waals surface area contributed by atoms with E-state index in [0.717, 1.165) is 38.3 Å². The molecule has 2 aliphatic heterocycles. The average molecular weight is 318 g/mol. The van der Waals surface area contributed by atoms with Gasteiger partial charge in [0.25, 0.3) is 5.91 Å². The summed E-state index contributed by atoms with van der Waals surface area (Å²) in [6.07, 6.45) is 6.94. The molecule has 3 rings (SSSR count). The summed E-state index contributed by atoms with van der Waals surface area (Å²) in [4.78, 5) is 20.0. The Bertz CT molecular complexity index is 531. The van der Waals surface area contributed by atoms with E-state index in [2.05, 4.69) is 14.8 Å². The van der Waals surface area contributed by atoms with Crippen molar-refractivity contribution in [3.05, 3.63) is 24.0 Å². The van der Waals surface area contributed by atoms with Gasteiger partial charge in [-0.05, 0) is 44.5 Å². The van der Waals surface area contributed by atoms with E-state index in [1.165, 1.54) is 32.4 Å². The molecule has 0 aliphatic carbocycles. The predicted molar refractivity (Wildman–Crippen MR) is 89.6 cm³/mol. The molecular weight excluding hydrogens is 292 g/mol. The molecule has 6 nitrogen and oxygen atoms in total. The third-order valence-electron chi connectivity index (χ3n) is 4.72. The van der Waals surface area contributed by atoms with Gasteiger partial charge in [0.1, 0.15) is 5.69 Å². The number of anilines is 1. The average Bonchev–Trinajstić information content (AvgIpc) is 3.05. The number of piperidine rings is 1. The van der Waals surface area contributed by atoms with Crippen LogP contribution in [0.5, 0.6) is 0 Å². The molecule has 0 saturated carbocycles. The Hall–Kier alpha value is -1.66. The van der Waals surface area contributed by atoms with Gasteiger partial charge in [0.2, 0.25) is 0 Å². The number of primary amides is 1. The van der Waals surface area contributed by atoms with Crippen molar-refractivity contribution in [2.75, 3.05) is 44.2 Å². The number of amides is 1. The first-order chi connectivity index (χ1) is 11.2. The number of hydrogen-bond donors (Lipinski definition) is 1. The lowest BCUT2D eigenvalue weighted by atomic mass is 10.1. The monoisotopic (exact) mass is 318 g/mol. The van der Waals surface area contributed by atoms with Gasteiger partial charge in [-0.15, -0.1) is 0 Å². The van der Waals surface area contributed by atoms with E-state index in [4.69, 9.17) is 10.5 Å².